The van der Waals surface area contributed by atoms with Gasteiger partial charge in [0.1, 0.15) is 12.0 Å². The van der Waals surface area contributed by atoms with E-state index in [0.717, 1.165) is 5.56 Å². The van der Waals surface area contributed by atoms with Gasteiger partial charge in [0.15, 0.2) is 0 Å². The van der Waals surface area contributed by atoms with Gasteiger partial charge in [-0.2, -0.15) is 0 Å². The molecule has 1 fully saturated rings. The molecule has 2 rings (SSSR count). The summed E-state index contributed by atoms with van der Waals surface area (Å²) < 4.78 is 5.75. The van der Waals surface area contributed by atoms with Crippen LogP contribution in [0.25, 0.3) is 0 Å². The number of pyridine rings is 1. The van der Waals surface area contributed by atoms with Gasteiger partial charge >= 0.3 is 0 Å². The largest absolute Gasteiger partial charge is 0.394 e. The van der Waals surface area contributed by atoms with Crippen LogP contribution < -0.4 is 4.90 Å². The van der Waals surface area contributed by atoms with Crippen LogP contribution in [-0.2, 0) is 4.74 Å². The first-order valence-electron chi connectivity index (χ1n) is 6.47. The van der Waals surface area contributed by atoms with Crippen molar-refractivity contribution in [1.82, 2.24) is 4.98 Å². The molecule has 0 radical (unpaired) electrons. The van der Waals surface area contributed by atoms with E-state index in [2.05, 4.69) is 4.98 Å². The van der Waals surface area contributed by atoms with Crippen LogP contribution in [0, 0.1) is 17.0 Å². The van der Waals surface area contributed by atoms with E-state index in [1.54, 1.807) is 6.92 Å². The van der Waals surface area contributed by atoms with Crippen LogP contribution in [0.1, 0.15) is 19.4 Å². The monoisotopic (exact) mass is 281 g/mol. The maximum atomic E-state index is 10.7. The normalized spacial score (nSPS) is 21.8. The standard InChI is InChI=1S/C13H19N3O4/c1-9-4-10(16(18)19)5-14-12(9)15-6-11(7-17)20-13(2,3)8-15/h4-5,11,17H,6-8H2,1-3H3. The number of aryl methyl sites for hydroxylation is 1. The minimum Gasteiger partial charge on any atom is -0.394 e. The topological polar surface area (TPSA) is 88.7 Å². The first kappa shape index (κ1) is 14.7. The van der Waals surface area contributed by atoms with Crippen molar-refractivity contribution in [2.45, 2.75) is 32.5 Å². The number of aromatic nitrogens is 1. The Morgan fingerprint density at radius 3 is 2.90 bits per heavy atom. The first-order valence-corrected chi connectivity index (χ1v) is 6.47. The van der Waals surface area contributed by atoms with Crippen molar-refractivity contribution in [3.8, 4) is 0 Å². The number of aliphatic hydroxyl groups excluding tert-OH is 1. The third kappa shape index (κ3) is 3.05. The average Bonchev–Trinajstić information content (AvgIpc) is 2.36. The highest BCUT2D eigenvalue weighted by atomic mass is 16.6. The van der Waals surface area contributed by atoms with Gasteiger partial charge in [0.25, 0.3) is 5.69 Å². The van der Waals surface area contributed by atoms with Crippen LogP contribution >= 0.6 is 0 Å². The molecule has 1 saturated heterocycles. The van der Waals surface area contributed by atoms with Gasteiger partial charge in [-0.3, -0.25) is 10.1 Å². The fraction of sp³-hybridized carbons (Fsp3) is 0.615. The third-order valence-corrected chi connectivity index (χ3v) is 3.23. The number of ether oxygens (including phenoxy) is 1. The van der Waals surface area contributed by atoms with Gasteiger partial charge in [-0.05, 0) is 26.3 Å². The summed E-state index contributed by atoms with van der Waals surface area (Å²) in [6.07, 6.45) is 0.980. The lowest BCUT2D eigenvalue weighted by Crippen LogP contribution is -2.54. The number of anilines is 1. The first-order chi connectivity index (χ1) is 9.32. The molecule has 0 saturated carbocycles. The Morgan fingerprint density at radius 2 is 2.35 bits per heavy atom. The molecule has 0 bridgehead atoms. The van der Waals surface area contributed by atoms with Crippen LogP contribution in [0.3, 0.4) is 0 Å². The molecule has 2 heterocycles. The van der Waals surface area contributed by atoms with Crippen molar-refractivity contribution >= 4 is 11.5 Å². The van der Waals surface area contributed by atoms with Crippen LogP contribution in [0.15, 0.2) is 12.3 Å². The van der Waals surface area contributed by atoms with Crippen molar-refractivity contribution < 1.29 is 14.8 Å². The van der Waals surface area contributed by atoms with E-state index in [-0.39, 0.29) is 18.4 Å². The summed E-state index contributed by atoms with van der Waals surface area (Å²) in [7, 11) is 0. The molecule has 1 atom stereocenters. The molecule has 1 aliphatic rings. The summed E-state index contributed by atoms with van der Waals surface area (Å²) in [6.45, 7) is 6.77. The smallest absolute Gasteiger partial charge is 0.287 e. The van der Waals surface area contributed by atoms with E-state index in [0.29, 0.717) is 18.9 Å². The Bertz CT molecular complexity index is 518. The van der Waals surface area contributed by atoms with Gasteiger partial charge in [-0.25, -0.2) is 4.98 Å². The van der Waals surface area contributed by atoms with Gasteiger partial charge in [0.05, 0.1) is 23.2 Å². The van der Waals surface area contributed by atoms with Crippen molar-refractivity contribution in [2.75, 3.05) is 24.6 Å². The van der Waals surface area contributed by atoms with Crippen molar-refractivity contribution in [3.63, 3.8) is 0 Å². The van der Waals surface area contributed by atoms with E-state index in [9.17, 15) is 15.2 Å². The van der Waals surface area contributed by atoms with E-state index in [1.807, 2.05) is 18.7 Å². The summed E-state index contributed by atoms with van der Waals surface area (Å²) in [6, 6.07) is 1.51. The zero-order chi connectivity index (χ0) is 14.9. The maximum absolute atomic E-state index is 10.7. The molecule has 7 nitrogen and oxygen atoms in total. The molecule has 7 heteroatoms. The molecule has 0 aromatic carbocycles. The highest BCUT2D eigenvalue weighted by molar-refractivity contribution is 5.51. The number of rotatable bonds is 3. The van der Waals surface area contributed by atoms with E-state index < -0.39 is 10.5 Å². The second-order valence-corrected chi connectivity index (χ2v) is 5.65. The predicted octanol–water partition coefficient (Wildman–Crippen LogP) is 1.27. The van der Waals surface area contributed by atoms with Crippen LogP contribution in [-0.4, -0.2) is 46.4 Å². The van der Waals surface area contributed by atoms with Crippen LogP contribution in [0.2, 0.25) is 0 Å². The fourth-order valence-corrected chi connectivity index (χ4v) is 2.54. The number of morpholine rings is 1. The van der Waals surface area contributed by atoms with Gasteiger partial charge in [-0.15, -0.1) is 0 Å². The van der Waals surface area contributed by atoms with Gasteiger partial charge in [0, 0.05) is 19.2 Å². The van der Waals surface area contributed by atoms with E-state index in [1.165, 1.54) is 12.3 Å². The number of nitrogens with zero attached hydrogens (tertiary/aromatic N) is 3. The molecule has 0 amide bonds. The summed E-state index contributed by atoms with van der Waals surface area (Å²) in [5.41, 5.74) is 0.327. The molecule has 1 aromatic heterocycles. The van der Waals surface area contributed by atoms with Crippen molar-refractivity contribution in [2.24, 2.45) is 0 Å². The fourth-order valence-electron chi connectivity index (χ4n) is 2.54. The Balaban J connectivity index is 2.28. The second kappa shape index (κ2) is 5.34. The third-order valence-electron chi connectivity index (χ3n) is 3.23. The molecule has 1 aliphatic heterocycles. The molecule has 0 aliphatic carbocycles. The number of hydrogen-bond donors (Lipinski definition) is 1. The lowest BCUT2D eigenvalue weighted by atomic mass is 10.0. The van der Waals surface area contributed by atoms with Gasteiger partial charge in [0.2, 0.25) is 0 Å². The molecule has 0 spiro atoms. The minimum absolute atomic E-state index is 0.0162. The quantitative estimate of drug-likeness (QED) is 0.663. The summed E-state index contributed by atoms with van der Waals surface area (Å²) in [5.74, 6) is 0.699. The number of nitro groups is 1. The van der Waals surface area contributed by atoms with Gasteiger partial charge < -0.3 is 14.7 Å². The molecular weight excluding hydrogens is 262 g/mol. The highest BCUT2D eigenvalue weighted by Gasteiger charge is 2.34. The van der Waals surface area contributed by atoms with E-state index in [4.69, 9.17) is 4.74 Å². The second-order valence-electron chi connectivity index (χ2n) is 5.65. The lowest BCUT2D eigenvalue weighted by molar-refractivity contribution is -0.385. The van der Waals surface area contributed by atoms with Crippen LogP contribution in [0.4, 0.5) is 11.5 Å². The highest BCUT2D eigenvalue weighted by Crippen LogP contribution is 2.28. The molecule has 1 N–H and O–H groups in total. The lowest BCUT2D eigenvalue weighted by Gasteiger charge is -2.43. The summed E-state index contributed by atoms with van der Waals surface area (Å²) in [4.78, 5) is 16.5. The zero-order valence-electron chi connectivity index (χ0n) is 11.9. The summed E-state index contributed by atoms with van der Waals surface area (Å²) >= 11 is 0. The molecule has 1 aromatic rings. The minimum atomic E-state index is -0.455. The Kier molecular flexibility index (Phi) is 3.92. The molecule has 110 valence electrons. The summed E-state index contributed by atoms with van der Waals surface area (Å²) in [5, 5.41) is 20.1. The molecule has 1 unspecified atom stereocenters. The van der Waals surface area contributed by atoms with Crippen LogP contribution in [0.5, 0.6) is 0 Å². The maximum Gasteiger partial charge on any atom is 0.287 e. The zero-order valence-corrected chi connectivity index (χ0v) is 11.9. The Morgan fingerprint density at radius 1 is 1.65 bits per heavy atom. The Labute approximate surface area is 117 Å². The molecule has 20 heavy (non-hydrogen) atoms. The number of aliphatic hydroxyl groups is 1. The van der Waals surface area contributed by atoms with Crippen molar-refractivity contribution in [1.29, 1.82) is 0 Å². The van der Waals surface area contributed by atoms with Gasteiger partial charge in [-0.1, -0.05) is 0 Å². The number of hydrogen-bond acceptors (Lipinski definition) is 6. The average molecular weight is 281 g/mol. The molecular formula is C13H19N3O4. The van der Waals surface area contributed by atoms with E-state index >= 15 is 0 Å². The van der Waals surface area contributed by atoms with Crippen molar-refractivity contribution in [3.05, 3.63) is 27.9 Å². The SMILES string of the molecule is Cc1cc([N+](=O)[O-])cnc1N1CC(CO)OC(C)(C)C1. The Hall–Kier alpha value is -1.73. The predicted molar refractivity (Wildman–Crippen MR) is 73.9 cm³/mol.